The van der Waals surface area contributed by atoms with Gasteiger partial charge in [-0.25, -0.2) is 0 Å². The van der Waals surface area contributed by atoms with E-state index in [2.05, 4.69) is 30.2 Å². The Morgan fingerprint density at radius 1 is 1.11 bits per heavy atom. The minimum absolute atomic E-state index is 0.553. The van der Waals surface area contributed by atoms with Gasteiger partial charge >= 0.3 is 0 Å². The summed E-state index contributed by atoms with van der Waals surface area (Å²) >= 11 is 0. The first-order chi connectivity index (χ1) is 8.86. The molecule has 0 unspecified atom stereocenters. The summed E-state index contributed by atoms with van der Waals surface area (Å²) < 4.78 is 10.8. The van der Waals surface area contributed by atoms with Gasteiger partial charge in [0.1, 0.15) is 0 Å². The quantitative estimate of drug-likeness (QED) is 0.648. The van der Waals surface area contributed by atoms with E-state index in [1.165, 1.54) is 5.56 Å². The lowest BCUT2D eigenvalue weighted by molar-refractivity contribution is 0.0397. The fourth-order valence-electron chi connectivity index (χ4n) is 1.46. The Bertz CT molecular complexity index is 301. The molecule has 0 saturated heterocycles. The molecule has 0 amide bonds. The zero-order valence-electron chi connectivity index (χ0n) is 11.4. The van der Waals surface area contributed by atoms with Crippen molar-refractivity contribution < 1.29 is 9.47 Å². The molecule has 0 fully saturated rings. The Morgan fingerprint density at radius 3 is 2.61 bits per heavy atom. The molecule has 1 aromatic heterocycles. The fourth-order valence-corrected chi connectivity index (χ4v) is 1.46. The second-order valence-electron chi connectivity index (χ2n) is 4.10. The van der Waals surface area contributed by atoms with Gasteiger partial charge in [0.05, 0.1) is 25.5 Å². The lowest BCUT2D eigenvalue weighted by atomic mass is 10.2. The third kappa shape index (κ3) is 6.69. The van der Waals surface area contributed by atoms with E-state index in [1.54, 1.807) is 0 Å². The minimum Gasteiger partial charge on any atom is -0.379 e. The van der Waals surface area contributed by atoms with Crippen LogP contribution in [0.5, 0.6) is 0 Å². The van der Waals surface area contributed by atoms with Crippen LogP contribution < -0.4 is 5.32 Å². The number of aromatic nitrogens is 1. The topological polar surface area (TPSA) is 43.4 Å². The van der Waals surface area contributed by atoms with Crippen molar-refractivity contribution >= 4 is 0 Å². The van der Waals surface area contributed by atoms with Crippen LogP contribution in [0.4, 0.5) is 0 Å². The zero-order chi connectivity index (χ0) is 13.1. The van der Waals surface area contributed by atoms with E-state index in [4.69, 9.17) is 9.47 Å². The molecule has 0 aliphatic rings. The van der Waals surface area contributed by atoms with Gasteiger partial charge in [0.15, 0.2) is 0 Å². The van der Waals surface area contributed by atoms with Crippen LogP contribution in [-0.2, 0) is 22.6 Å². The standard InChI is InChI=1S/C14H24N2O2/c1-3-7-17-8-9-18-12-14-6-5-13(11-16-14)10-15-4-2/h5-6,11,15H,3-4,7-10,12H2,1-2H3. The number of nitrogens with one attached hydrogen (secondary N) is 1. The summed E-state index contributed by atoms with van der Waals surface area (Å²) in [5.41, 5.74) is 2.16. The molecule has 0 saturated carbocycles. The van der Waals surface area contributed by atoms with E-state index in [1.807, 2.05) is 12.3 Å². The maximum atomic E-state index is 5.48. The summed E-state index contributed by atoms with van der Waals surface area (Å²) in [6, 6.07) is 4.10. The van der Waals surface area contributed by atoms with Gasteiger partial charge in [0, 0.05) is 19.3 Å². The van der Waals surface area contributed by atoms with Crippen molar-refractivity contribution in [2.45, 2.75) is 33.4 Å². The van der Waals surface area contributed by atoms with E-state index in [9.17, 15) is 0 Å². The molecule has 1 N–H and O–H groups in total. The number of ether oxygens (including phenoxy) is 2. The molecule has 0 aliphatic heterocycles. The molecular weight excluding hydrogens is 228 g/mol. The van der Waals surface area contributed by atoms with Crippen LogP contribution in [0.15, 0.2) is 18.3 Å². The second kappa shape index (κ2) is 10.00. The summed E-state index contributed by atoms with van der Waals surface area (Å²) in [6.45, 7) is 8.68. The van der Waals surface area contributed by atoms with Crippen LogP contribution >= 0.6 is 0 Å². The smallest absolute Gasteiger partial charge is 0.0889 e. The molecule has 1 rings (SSSR count). The predicted molar refractivity (Wildman–Crippen MR) is 72.4 cm³/mol. The van der Waals surface area contributed by atoms with Crippen LogP contribution in [0.1, 0.15) is 31.5 Å². The normalized spacial score (nSPS) is 10.8. The minimum atomic E-state index is 0.553. The van der Waals surface area contributed by atoms with Crippen LogP contribution in [-0.4, -0.2) is 31.3 Å². The molecule has 0 radical (unpaired) electrons. The van der Waals surface area contributed by atoms with Gasteiger partial charge in [-0.1, -0.05) is 19.9 Å². The summed E-state index contributed by atoms with van der Waals surface area (Å²) in [5.74, 6) is 0. The highest BCUT2D eigenvalue weighted by Gasteiger charge is 1.96. The summed E-state index contributed by atoms with van der Waals surface area (Å²) in [6.07, 6.45) is 2.95. The van der Waals surface area contributed by atoms with E-state index < -0.39 is 0 Å². The highest BCUT2D eigenvalue weighted by Crippen LogP contribution is 2.01. The number of rotatable bonds is 10. The zero-order valence-corrected chi connectivity index (χ0v) is 11.4. The van der Waals surface area contributed by atoms with Crippen molar-refractivity contribution in [3.63, 3.8) is 0 Å². The Balaban J connectivity index is 2.14. The fraction of sp³-hybridized carbons (Fsp3) is 0.643. The van der Waals surface area contributed by atoms with Crippen molar-refractivity contribution in [2.75, 3.05) is 26.4 Å². The van der Waals surface area contributed by atoms with E-state index in [-0.39, 0.29) is 0 Å². The van der Waals surface area contributed by atoms with Crippen molar-refractivity contribution in [1.82, 2.24) is 10.3 Å². The number of hydrogen-bond donors (Lipinski definition) is 1. The SMILES string of the molecule is CCCOCCOCc1ccc(CNCC)cn1. The molecule has 18 heavy (non-hydrogen) atoms. The van der Waals surface area contributed by atoms with Crippen LogP contribution in [0.2, 0.25) is 0 Å². The molecule has 0 spiro atoms. The van der Waals surface area contributed by atoms with Gasteiger partial charge in [-0.05, 0) is 24.6 Å². The molecule has 0 aromatic carbocycles. The summed E-state index contributed by atoms with van der Waals surface area (Å²) in [5, 5.41) is 3.27. The molecule has 1 aromatic rings. The van der Waals surface area contributed by atoms with E-state index in [0.717, 1.165) is 31.8 Å². The molecule has 4 heteroatoms. The summed E-state index contributed by atoms with van der Waals surface area (Å²) in [7, 11) is 0. The molecule has 4 nitrogen and oxygen atoms in total. The molecule has 0 aliphatic carbocycles. The van der Waals surface area contributed by atoms with Crippen molar-refractivity contribution in [3.05, 3.63) is 29.6 Å². The third-order valence-electron chi connectivity index (χ3n) is 2.44. The third-order valence-corrected chi connectivity index (χ3v) is 2.44. The first-order valence-corrected chi connectivity index (χ1v) is 6.66. The Labute approximate surface area is 110 Å². The molecule has 0 bridgehead atoms. The first-order valence-electron chi connectivity index (χ1n) is 6.66. The predicted octanol–water partition coefficient (Wildman–Crippen LogP) is 2.13. The molecule has 0 atom stereocenters. The van der Waals surface area contributed by atoms with E-state index >= 15 is 0 Å². The average Bonchev–Trinajstić information content (AvgIpc) is 2.42. The number of pyridine rings is 1. The van der Waals surface area contributed by atoms with Crippen LogP contribution in [0, 0.1) is 0 Å². The maximum absolute atomic E-state index is 5.48. The Morgan fingerprint density at radius 2 is 1.94 bits per heavy atom. The van der Waals surface area contributed by atoms with Gasteiger partial charge in [-0.3, -0.25) is 4.98 Å². The van der Waals surface area contributed by atoms with Gasteiger partial charge in [0.25, 0.3) is 0 Å². The number of hydrogen-bond acceptors (Lipinski definition) is 4. The molecular formula is C14H24N2O2. The largest absolute Gasteiger partial charge is 0.379 e. The van der Waals surface area contributed by atoms with Gasteiger partial charge < -0.3 is 14.8 Å². The van der Waals surface area contributed by atoms with E-state index in [0.29, 0.717) is 19.8 Å². The highest BCUT2D eigenvalue weighted by atomic mass is 16.5. The number of nitrogens with zero attached hydrogens (tertiary/aromatic N) is 1. The molecule has 102 valence electrons. The van der Waals surface area contributed by atoms with Gasteiger partial charge in [0.2, 0.25) is 0 Å². The highest BCUT2D eigenvalue weighted by molar-refractivity contribution is 5.13. The van der Waals surface area contributed by atoms with Crippen molar-refractivity contribution in [2.24, 2.45) is 0 Å². The average molecular weight is 252 g/mol. The maximum Gasteiger partial charge on any atom is 0.0889 e. The lowest BCUT2D eigenvalue weighted by Gasteiger charge is -2.06. The molecule has 1 heterocycles. The van der Waals surface area contributed by atoms with Gasteiger partial charge in [-0.2, -0.15) is 0 Å². The Kier molecular flexibility index (Phi) is 8.38. The summed E-state index contributed by atoms with van der Waals surface area (Å²) in [4.78, 5) is 4.36. The van der Waals surface area contributed by atoms with Crippen molar-refractivity contribution in [1.29, 1.82) is 0 Å². The van der Waals surface area contributed by atoms with Gasteiger partial charge in [-0.15, -0.1) is 0 Å². The lowest BCUT2D eigenvalue weighted by Crippen LogP contribution is -2.12. The monoisotopic (exact) mass is 252 g/mol. The van der Waals surface area contributed by atoms with Crippen LogP contribution in [0.3, 0.4) is 0 Å². The van der Waals surface area contributed by atoms with Crippen LogP contribution in [0.25, 0.3) is 0 Å². The second-order valence-corrected chi connectivity index (χ2v) is 4.10. The Hall–Kier alpha value is -0.970. The van der Waals surface area contributed by atoms with Crippen molar-refractivity contribution in [3.8, 4) is 0 Å². The first kappa shape index (κ1) is 15.1.